The second-order valence-corrected chi connectivity index (χ2v) is 5.72. The van der Waals surface area contributed by atoms with E-state index in [-0.39, 0.29) is 17.6 Å². The molecule has 0 saturated carbocycles. The first kappa shape index (κ1) is 15.5. The Hall–Kier alpha value is -1.52. The van der Waals surface area contributed by atoms with E-state index in [1.165, 1.54) is 13.0 Å². The number of ether oxygens (including phenoxy) is 1. The predicted octanol–water partition coefficient (Wildman–Crippen LogP) is 4.22. The van der Waals surface area contributed by atoms with Crippen molar-refractivity contribution >= 4 is 5.97 Å². The number of alkyl halides is 3. The van der Waals surface area contributed by atoms with E-state index < -0.39 is 17.7 Å². The number of halogens is 3. The molecule has 0 aliphatic heterocycles. The molecule has 1 aromatic rings. The number of rotatable bonds is 2. The summed E-state index contributed by atoms with van der Waals surface area (Å²) in [5, 5.41) is 0. The summed E-state index contributed by atoms with van der Waals surface area (Å²) < 4.78 is 42.9. The summed E-state index contributed by atoms with van der Waals surface area (Å²) in [4.78, 5) is 11.7. The third-order valence-electron chi connectivity index (χ3n) is 2.28. The lowest BCUT2D eigenvalue weighted by atomic mass is 9.98. The second-order valence-electron chi connectivity index (χ2n) is 5.72. The molecule has 0 radical (unpaired) electrons. The maximum atomic E-state index is 12.6. The van der Waals surface area contributed by atoms with Gasteiger partial charge in [0.1, 0.15) is 0 Å². The van der Waals surface area contributed by atoms with Gasteiger partial charge >= 0.3 is 12.1 Å². The van der Waals surface area contributed by atoms with Crippen molar-refractivity contribution in [3.8, 4) is 0 Å². The molecule has 0 aliphatic rings. The lowest BCUT2D eigenvalue weighted by Gasteiger charge is -2.18. The summed E-state index contributed by atoms with van der Waals surface area (Å²) in [6.45, 7) is 7.28. The van der Waals surface area contributed by atoms with Gasteiger partial charge in [-0.1, -0.05) is 20.8 Å². The van der Waals surface area contributed by atoms with Crippen LogP contribution in [0.1, 0.15) is 42.3 Å². The maximum Gasteiger partial charge on any atom is 0.416 e. The molecular weight excluding hydrogens is 257 g/mol. The van der Waals surface area contributed by atoms with Crippen molar-refractivity contribution in [1.82, 2.24) is 0 Å². The van der Waals surface area contributed by atoms with Gasteiger partial charge in [-0.3, -0.25) is 0 Å². The van der Waals surface area contributed by atoms with Gasteiger partial charge in [-0.05, 0) is 36.1 Å². The van der Waals surface area contributed by atoms with Gasteiger partial charge in [0.15, 0.2) is 0 Å². The average Bonchev–Trinajstić information content (AvgIpc) is 2.22. The van der Waals surface area contributed by atoms with Crippen LogP contribution < -0.4 is 0 Å². The zero-order valence-electron chi connectivity index (χ0n) is 11.4. The highest BCUT2D eigenvalue weighted by Crippen LogP contribution is 2.30. The summed E-state index contributed by atoms with van der Waals surface area (Å²) in [5.41, 5.74) is -0.767. The van der Waals surface area contributed by atoms with Crippen LogP contribution in [0.3, 0.4) is 0 Å². The highest BCUT2D eigenvalue weighted by molar-refractivity contribution is 5.89. The molecule has 19 heavy (non-hydrogen) atoms. The number of esters is 1. The number of benzene rings is 1. The van der Waals surface area contributed by atoms with E-state index in [1.54, 1.807) is 0 Å². The molecule has 1 rings (SSSR count). The van der Waals surface area contributed by atoms with Crippen molar-refractivity contribution in [2.45, 2.75) is 33.9 Å². The van der Waals surface area contributed by atoms with E-state index in [2.05, 4.69) is 0 Å². The fourth-order valence-corrected chi connectivity index (χ4v) is 1.43. The first-order valence-corrected chi connectivity index (χ1v) is 5.85. The minimum absolute atomic E-state index is 0.0726. The van der Waals surface area contributed by atoms with E-state index >= 15 is 0 Å². The van der Waals surface area contributed by atoms with Gasteiger partial charge in [0.05, 0.1) is 17.7 Å². The summed E-state index contributed by atoms with van der Waals surface area (Å²) in [5.74, 6) is -0.732. The summed E-state index contributed by atoms with van der Waals surface area (Å²) in [6, 6.07) is 3.21. The Labute approximate surface area is 110 Å². The van der Waals surface area contributed by atoms with E-state index in [0.717, 1.165) is 12.1 Å². The largest absolute Gasteiger partial charge is 0.462 e. The fraction of sp³-hybridized carbons (Fsp3) is 0.500. The van der Waals surface area contributed by atoms with E-state index in [0.29, 0.717) is 5.56 Å². The van der Waals surface area contributed by atoms with Crippen molar-refractivity contribution in [2.75, 3.05) is 6.61 Å². The lowest BCUT2D eigenvalue weighted by Crippen LogP contribution is -2.19. The number of aryl methyl sites for hydroxylation is 1. The number of carbonyl (C=O) groups is 1. The Morgan fingerprint density at radius 2 is 1.74 bits per heavy atom. The second kappa shape index (κ2) is 5.23. The van der Waals surface area contributed by atoms with Crippen molar-refractivity contribution < 1.29 is 22.7 Å². The average molecular weight is 274 g/mol. The molecule has 0 unspecified atom stereocenters. The highest BCUT2D eigenvalue weighted by Gasteiger charge is 2.31. The van der Waals surface area contributed by atoms with Crippen molar-refractivity contribution in [1.29, 1.82) is 0 Å². The molecular formula is C14H17F3O2. The van der Waals surface area contributed by atoms with Crippen molar-refractivity contribution in [2.24, 2.45) is 5.41 Å². The van der Waals surface area contributed by atoms with Crippen LogP contribution in [0.5, 0.6) is 0 Å². The number of carbonyl (C=O) groups excluding carboxylic acids is 1. The molecule has 0 N–H and O–H groups in total. The normalized spacial score (nSPS) is 12.4. The molecule has 106 valence electrons. The van der Waals surface area contributed by atoms with Gasteiger partial charge < -0.3 is 4.74 Å². The van der Waals surface area contributed by atoms with Crippen LogP contribution in [0, 0.1) is 12.3 Å². The Kier molecular flexibility index (Phi) is 4.28. The molecule has 0 bridgehead atoms. The summed E-state index contributed by atoms with van der Waals surface area (Å²) in [6.07, 6.45) is -4.47. The van der Waals surface area contributed by atoms with Crippen LogP contribution in [0.15, 0.2) is 18.2 Å². The fourth-order valence-electron chi connectivity index (χ4n) is 1.43. The van der Waals surface area contributed by atoms with Gasteiger partial charge in [0, 0.05) is 0 Å². The van der Waals surface area contributed by atoms with Crippen LogP contribution in [-0.2, 0) is 10.9 Å². The monoisotopic (exact) mass is 274 g/mol. The molecule has 0 amide bonds. The third-order valence-corrected chi connectivity index (χ3v) is 2.28. The summed E-state index contributed by atoms with van der Waals surface area (Å²) in [7, 11) is 0. The zero-order valence-corrected chi connectivity index (χ0v) is 11.4. The predicted molar refractivity (Wildman–Crippen MR) is 65.9 cm³/mol. The van der Waals surface area contributed by atoms with Gasteiger partial charge in [-0.15, -0.1) is 0 Å². The van der Waals surface area contributed by atoms with E-state index in [9.17, 15) is 18.0 Å². The third kappa shape index (κ3) is 4.93. The van der Waals surface area contributed by atoms with Crippen molar-refractivity contribution in [3.63, 3.8) is 0 Å². The van der Waals surface area contributed by atoms with Gasteiger partial charge in [-0.2, -0.15) is 13.2 Å². The van der Waals surface area contributed by atoms with Gasteiger partial charge in [0.25, 0.3) is 0 Å². The molecule has 0 fully saturated rings. The molecule has 0 aromatic heterocycles. The van der Waals surface area contributed by atoms with E-state index in [1.807, 2.05) is 20.8 Å². The van der Waals surface area contributed by atoms with Crippen LogP contribution in [0.4, 0.5) is 13.2 Å². The lowest BCUT2D eigenvalue weighted by molar-refractivity contribution is -0.137. The molecule has 0 atom stereocenters. The molecule has 5 heteroatoms. The molecule has 2 nitrogen and oxygen atoms in total. The van der Waals surface area contributed by atoms with E-state index in [4.69, 9.17) is 4.74 Å². The Balaban J connectivity index is 2.95. The van der Waals surface area contributed by atoms with Crippen LogP contribution in [0.2, 0.25) is 0 Å². The zero-order chi connectivity index (χ0) is 14.8. The molecule has 0 heterocycles. The van der Waals surface area contributed by atoms with Gasteiger partial charge in [-0.25, -0.2) is 4.79 Å². The molecule has 1 aromatic carbocycles. The number of hydrogen-bond acceptors (Lipinski definition) is 2. The Bertz CT molecular complexity index is 471. The molecule has 0 saturated heterocycles. The molecule has 0 aliphatic carbocycles. The highest BCUT2D eigenvalue weighted by atomic mass is 19.4. The maximum absolute atomic E-state index is 12.6. The summed E-state index contributed by atoms with van der Waals surface area (Å²) >= 11 is 0. The number of hydrogen-bond donors (Lipinski definition) is 0. The van der Waals surface area contributed by atoms with Crippen LogP contribution in [-0.4, -0.2) is 12.6 Å². The Morgan fingerprint density at radius 1 is 1.16 bits per heavy atom. The minimum Gasteiger partial charge on any atom is -0.462 e. The first-order chi connectivity index (χ1) is 8.49. The van der Waals surface area contributed by atoms with Crippen LogP contribution >= 0.6 is 0 Å². The quantitative estimate of drug-likeness (QED) is 0.755. The Morgan fingerprint density at radius 3 is 2.21 bits per heavy atom. The smallest absolute Gasteiger partial charge is 0.416 e. The standard InChI is InChI=1S/C14H17F3O2/c1-9-5-10(7-11(6-9)14(15,16)17)12(18)19-8-13(2,3)4/h5-7H,8H2,1-4H3. The first-order valence-electron chi connectivity index (χ1n) is 5.85. The van der Waals surface area contributed by atoms with Crippen LogP contribution in [0.25, 0.3) is 0 Å². The molecule has 0 spiro atoms. The van der Waals surface area contributed by atoms with Crippen molar-refractivity contribution in [3.05, 3.63) is 34.9 Å². The SMILES string of the molecule is Cc1cc(C(=O)OCC(C)(C)C)cc(C(F)(F)F)c1. The minimum atomic E-state index is -4.47. The van der Waals surface area contributed by atoms with Gasteiger partial charge in [0.2, 0.25) is 0 Å². The topological polar surface area (TPSA) is 26.3 Å².